The number of amides is 1. The molecule has 0 atom stereocenters. The van der Waals surface area contributed by atoms with Crippen molar-refractivity contribution in [2.24, 2.45) is 5.10 Å². The summed E-state index contributed by atoms with van der Waals surface area (Å²) in [6.07, 6.45) is 1.52. The van der Waals surface area contributed by atoms with Gasteiger partial charge in [0.05, 0.1) is 18.5 Å². The summed E-state index contributed by atoms with van der Waals surface area (Å²) >= 11 is 0. The van der Waals surface area contributed by atoms with Gasteiger partial charge in [-0.25, -0.2) is 10.1 Å². The number of rotatable bonds is 10. The van der Waals surface area contributed by atoms with E-state index < -0.39 is 5.91 Å². The lowest BCUT2D eigenvalue weighted by atomic mass is 10.2. The molecule has 5 aromatic rings. The Hall–Kier alpha value is -5.52. The first-order valence-corrected chi connectivity index (χ1v) is 11.6. The van der Waals surface area contributed by atoms with Crippen molar-refractivity contribution >= 4 is 23.6 Å². The van der Waals surface area contributed by atoms with Crippen LogP contribution in [0, 0.1) is 0 Å². The van der Waals surface area contributed by atoms with Crippen LogP contribution in [0.5, 0.6) is 5.75 Å². The maximum Gasteiger partial charge on any atom is 0.293 e. The fourth-order valence-corrected chi connectivity index (χ4v) is 3.50. The molecule has 0 radical (unpaired) electrons. The Morgan fingerprint density at radius 1 is 1.00 bits per heavy atom. The van der Waals surface area contributed by atoms with Crippen LogP contribution in [0.1, 0.15) is 27.3 Å². The highest BCUT2D eigenvalue weighted by molar-refractivity contribution is 5.94. The molecule has 0 aliphatic heterocycles. The largest absolute Gasteiger partial charge is 0.489 e. The molecule has 3 aromatic carbocycles. The average molecular weight is 510 g/mol. The number of aromatic nitrogens is 5. The number of hydrogen-bond donors (Lipinski definition) is 3. The van der Waals surface area contributed by atoms with Crippen molar-refractivity contribution in [3.8, 4) is 11.6 Å². The highest BCUT2D eigenvalue weighted by Gasteiger charge is 2.23. The molecule has 2 aromatic heterocycles. The molecule has 12 nitrogen and oxygen atoms in total. The Bertz CT molecular complexity index is 1510. The van der Waals surface area contributed by atoms with Crippen molar-refractivity contribution in [3.63, 3.8) is 0 Å². The minimum atomic E-state index is -0.560. The van der Waals surface area contributed by atoms with Crippen molar-refractivity contribution < 1.29 is 14.2 Å². The van der Waals surface area contributed by atoms with Crippen LogP contribution in [-0.2, 0) is 13.2 Å². The molecule has 0 aliphatic carbocycles. The van der Waals surface area contributed by atoms with E-state index >= 15 is 0 Å². The number of anilines is 2. The summed E-state index contributed by atoms with van der Waals surface area (Å²) in [5.74, 6) is 0.301. The van der Waals surface area contributed by atoms with Gasteiger partial charge in [0.1, 0.15) is 12.4 Å². The van der Waals surface area contributed by atoms with Crippen LogP contribution in [0.15, 0.2) is 94.7 Å². The Morgan fingerprint density at radius 2 is 1.74 bits per heavy atom. The van der Waals surface area contributed by atoms with Crippen LogP contribution in [0.4, 0.5) is 11.5 Å². The summed E-state index contributed by atoms with van der Waals surface area (Å²) < 4.78 is 11.8. The van der Waals surface area contributed by atoms with Gasteiger partial charge in [0.2, 0.25) is 11.6 Å². The molecule has 0 fully saturated rings. The van der Waals surface area contributed by atoms with Crippen molar-refractivity contribution in [2.45, 2.75) is 13.2 Å². The quantitative estimate of drug-likeness (QED) is 0.190. The molecule has 0 unspecified atom stereocenters. The molecule has 5 rings (SSSR count). The average Bonchev–Trinajstić information content (AvgIpc) is 3.58. The molecule has 12 heteroatoms. The topological polar surface area (TPSA) is 158 Å². The van der Waals surface area contributed by atoms with Crippen LogP contribution in [0.3, 0.4) is 0 Å². The Labute approximate surface area is 217 Å². The zero-order chi connectivity index (χ0) is 26.2. The van der Waals surface area contributed by atoms with E-state index in [1.54, 1.807) is 0 Å². The normalized spacial score (nSPS) is 10.9. The number of benzene rings is 3. The van der Waals surface area contributed by atoms with Gasteiger partial charge in [0.25, 0.3) is 5.91 Å². The number of carbonyl (C=O) groups excluding carboxylic acids is 1. The first-order chi connectivity index (χ1) is 18.7. The molecular weight excluding hydrogens is 486 g/mol. The van der Waals surface area contributed by atoms with E-state index in [0.29, 0.717) is 12.3 Å². The molecule has 1 amide bonds. The van der Waals surface area contributed by atoms with E-state index in [9.17, 15) is 4.79 Å². The molecule has 4 N–H and O–H groups in total. The van der Waals surface area contributed by atoms with Gasteiger partial charge in [-0.05, 0) is 57.8 Å². The first kappa shape index (κ1) is 24.2. The molecule has 2 heterocycles. The highest BCUT2D eigenvalue weighted by atomic mass is 16.6. The number of hydrazone groups is 1. The predicted octanol–water partition coefficient (Wildman–Crippen LogP) is 3.19. The van der Waals surface area contributed by atoms with Crippen LogP contribution in [-0.4, -0.2) is 37.4 Å². The van der Waals surface area contributed by atoms with Gasteiger partial charge in [-0.2, -0.15) is 9.78 Å². The maximum absolute atomic E-state index is 12.9. The standard InChI is InChI=1S/C26H23N9O3/c27-24-25(33-38-32-24)35-22(16-28-20-9-5-2-6-10-20)23(30-34-35)26(36)31-29-15-18-11-13-21(14-12-18)37-17-19-7-3-1-4-8-19/h1-15,28H,16-17H2,(H2,27,32)(H,31,36)/b29-15-. The number of para-hydroxylation sites is 1. The summed E-state index contributed by atoms with van der Waals surface area (Å²) in [7, 11) is 0. The minimum Gasteiger partial charge on any atom is -0.489 e. The van der Waals surface area contributed by atoms with Crippen LogP contribution >= 0.6 is 0 Å². The third kappa shape index (κ3) is 5.82. The van der Waals surface area contributed by atoms with E-state index in [2.05, 4.69) is 41.1 Å². The summed E-state index contributed by atoms with van der Waals surface area (Å²) in [6, 6.07) is 26.7. The summed E-state index contributed by atoms with van der Waals surface area (Å²) in [5.41, 5.74) is 11.4. The van der Waals surface area contributed by atoms with Crippen molar-refractivity contribution in [2.75, 3.05) is 11.1 Å². The monoisotopic (exact) mass is 509 g/mol. The van der Waals surface area contributed by atoms with Crippen LogP contribution in [0.25, 0.3) is 5.82 Å². The summed E-state index contributed by atoms with van der Waals surface area (Å²) in [6.45, 7) is 0.669. The SMILES string of the molecule is Nc1nonc1-n1nnc(C(=O)N/N=C\c2ccc(OCc3ccccc3)cc2)c1CNc1ccccc1. The zero-order valence-corrected chi connectivity index (χ0v) is 20.1. The second-order valence-corrected chi connectivity index (χ2v) is 8.03. The van der Waals surface area contributed by atoms with E-state index in [1.807, 2.05) is 84.9 Å². The lowest BCUT2D eigenvalue weighted by Gasteiger charge is -2.08. The number of nitrogens with zero attached hydrogens (tertiary/aromatic N) is 6. The molecule has 0 saturated heterocycles. The molecule has 0 aliphatic rings. The van der Waals surface area contributed by atoms with Gasteiger partial charge >= 0.3 is 0 Å². The Balaban J connectivity index is 1.25. The van der Waals surface area contributed by atoms with Crippen molar-refractivity contribution in [1.82, 2.24) is 30.7 Å². The van der Waals surface area contributed by atoms with E-state index in [4.69, 9.17) is 10.5 Å². The number of hydrogen-bond acceptors (Lipinski definition) is 10. The molecule has 38 heavy (non-hydrogen) atoms. The van der Waals surface area contributed by atoms with Gasteiger partial charge in [0.15, 0.2) is 5.69 Å². The number of carbonyl (C=O) groups is 1. The smallest absolute Gasteiger partial charge is 0.293 e. The number of nitrogens with one attached hydrogen (secondary N) is 2. The molecular formula is C26H23N9O3. The maximum atomic E-state index is 12.9. The van der Waals surface area contributed by atoms with Crippen LogP contribution < -0.4 is 21.2 Å². The van der Waals surface area contributed by atoms with E-state index in [1.165, 1.54) is 10.9 Å². The lowest BCUT2D eigenvalue weighted by molar-refractivity contribution is 0.0949. The fourth-order valence-electron chi connectivity index (χ4n) is 3.50. The second-order valence-electron chi connectivity index (χ2n) is 8.03. The summed E-state index contributed by atoms with van der Waals surface area (Å²) in [5, 5.41) is 22.7. The summed E-state index contributed by atoms with van der Waals surface area (Å²) in [4.78, 5) is 12.9. The van der Waals surface area contributed by atoms with E-state index in [0.717, 1.165) is 22.6 Å². The van der Waals surface area contributed by atoms with Gasteiger partial charge in [-0.3, -0.25) is 4.79 Å². The molecule has 0 saturated carbocycles. The number of nitrogen functional groups attached to an aromatic ring is 1. The van der Waals surface area contributed by atoms with Gasteiger partial charge in [-0.1, -0.05) is 53.7 Å². The predicted molar refractivity (Wildman–Crippen MR) is 140 cm³/mol. The van der Waals surface area contributed by atoms with Crippen molar-refractivity contribution in [1.29, 1.82) is 0 Å². The first-order valence-electron chi connectivity index (χ1n) is 11.6. The number of ether oxygens (including phenoxy) is 1. The Morgan fingerprint density at radius 3 is 2.45 bits per heavy atom. The van der Waals surface area contributed by atoms with Crippen LogP contribution in [0.2, 0.25) is 0 Å². The van der Waals surface area contributed by atoms with Gasteiger partial charge in [0, 0.05) is 5.69 Å². The molecule has 190 valence electrons. The highest BCUT2D eigenvalue weighted by Crippen LogP contribution is 2.18. The fraction of sp³-hybridized carbons (Fsp3) is 0.0769. The van der Waals surface area contributed by atoms with Crippen molar-refractivity contribution in [3.05, 3.63) is 107 Å². The minimum absolute atomic E-state index is 0.0111. The third-order valence-electron chi connectivity index (χ3n) is 5.42. The lowest BCUT2D eigenvalue weighted by Crippen LogP contribution is -2.21. The number of nitrogens with two attached hydrogens (primary N) is 1. The second kappa shape index (κ2) is 11.5. The molecule has 0 bridgehead atoms. The Kier molecular flexibility index (Phi) is 7.30. The van der Waals surface area contributed by atoms with E-state index in [-0.39, 0.29) is 23.9 Å². The van der Waals surface area contributed by atoms with Gasteiger partial charge < -0.3 is 15.8 Å². The third-order valence-corrected chi connectivity index (χ3v) is 5.42. The molecule has 0 spiro atoms. The zero-order valence-electron chi connectivity index (χ0n) is 20.1. The van der Waals surface area contributed by atoms with Gasteiger partial charge in [-0.15, -0.1) is 5.10 Å².